The molecule has 1 aromatic carbocycles. The summed E-state index contributed by atoms with van der Waals surface area (Å²) in [4.78, 5) is 2.56. The van der Waals surface area contributed by atoms with E-state index in [1.165, 1.54) is 45.2 Å². The fraction of sp³-hybridized carbons (Fsp3) is 0.667. The first-order chi connectivity index (χ1) is 10.3. The first-order valence-electron chi connectivity index (χ1n) is 8.46. The smallest absolute Gasteiger partial charge is 0.119 e. The van der Waals surface area contributed by atoms with Gasteiger partial charge in [-0.25, -0.2) is 0 Å². The topological polar surface area (TPSA) is 38.5 Å². The fourth-order valence-corrected chi connectivity index (χ4v) is 3.20. The molecule has 2 rings (SSSR count). The Hall–Kier alpha value is -1.06. The van der Waals surface area contributed by atoms with Crippen molar-refractivity contribution in [2.75, 3.05) is 26.2 Å². The maximum atomic E-state index is 5.87. The van der Waals surface area contributed by atoms with Crippen LogP contribution in [-0.4, -0.2) is 31.1 Å². The second kappa shape index (κ2) is 9.06. The van der Waals surface area contributed by atoms with E-state index in [4.69, 9.17) is 10.5 Å². The van der Waals surface area contributed by atoms with Crippen molar-refractivity contribution in [2.24, 2.45) is 11.7 Å². The third-order valence-corrected chi connectivity index (χ3v) is 4.45. The summed E-state index contributed by atoms with van der Waals surface area (Å²) in [5.41, 5.74) is 6.78. The Balaban J connectivity index is 1.70. The molecule has 1 saturated heterocycles. The van der Waals surface area contributed by atoms with Crippen LogP contribution in [0.5, 0.6) is 5.75 Å². The van der Waals surface area contributed by atoms with Gasteiger partial charge in [0, 0.05) is 13.1 Å². The van der Waals surface area contributed by atoms with E-state index in [2.05, 4.69) is 11.8 Å². The third-order valence-electron chi connectivity index (χ3n) is 4.45. The van der Waals surface area contributed by atoms with Crippen LogP contribution in [-0.2, 0) is 6.54 Å². The molecular formula is C18H30N2O. The van der Waals surface area contributed by atoms with Gasteiger partial charge in [-0.05, 0) is 56.0 Å². The number of nitrogens with two attached hydrogens (primary N) is 1. The molecule has 0 bridgehead atoms. The summed E-state index contributed by atoms with van der Waals surface area (Å²) in [5, 5.41) is 0. The fourth-order valence-electron chi connectivity index (χ4n) is 3.20. The van der Waals surface area contributed by atoms with Crippen LogP contribution in [0.4, 0.5) is 0 Å². The Labute approximate surface area is 129 Å². The van der Waals surface area contributed by atoms with E-state index in [0.717, 1.165) is 30.4 Å². The molecule has 0 amide bonds. The first kappa shape index (κ1) is 16.3. The lowest BCUT2D eigenvalue weighted by atomic mass is 9.96. The third kappa shape index (κ3) is 5.68. The normalized spacial score (nSPS) is 20.2. The summed E-state index contributed by atoms with van der Waals surface area (Å²) in [6, 6.07) is 8.10. The predicted octanol–water partition coefficient (Wildman–Crippen LogP) is 3.43. The van der Waals surface area contributed by atoms with Gasteiger partial charge >= 0.3 is 0 Å². The largest absolute Gasteiger partial charge is 0.492 e. The van der Waals surface area contributed by atoms with Crippen LogP contribution in [0.1, 0.15) is 44.6 Å². The lowest BCUT2D eigenvalue weighted by Crippen LogP contribution is -2.29. The number of likely N-dealkylation sites (tertiary alicyclic amines) is 1. The molecule has 1 aliphatic heterocycles. The molecule has 118 valence electrons. The zero-order valence-electron chi connectivity index (χ0n) is 13.4. The molecule has 0 aliphatic carbocycles. The van der Waals surface area contributed by atoms with E-state index in [9.17, 15) is 0 Å². The Kier molecular flexibility index (Phi) is 7.04. The maximum absolute atomic E-state index is 5.87. The standard InChI is InChI=1S/C18H30N2O/c1-2-5-16-7-4-10-20(11-9-16)12-13-21-18-8-3-6-17(14-18)15-19/h3,6,8,14,16H,2,4-5,7,9-13,15,19H2,1H3. The van der Waals surface area contributed by atoms with Gasteiger partial charge in [-0.2, -0.15) is 0 Å². The molecule has 1 atom stereocenters. The Morgan fingerprint density at radius 2 is 2.19 bits per heavy atom. The zero-order valence-corrected chi connectivity index (χ0v) is 13.4. The summed E-state index contributed by atoms with van der Waals surface area (Å²) in [7, 11) is 0. The average Bonchev–Trinajstić information content (AvgIpc) is 2.74. The van der Waals surface area contributed by atoms with E-state index >= 15 is 0 Å². The quantitative estimate of drug-likeness (QED) is 0.836. The van der Waals surface area contributed by atoms with Crippen molar-refractivity contribution in [2.45, 2.75) is 45.6 Å². The van der Waals surface area contributed by atoms with E-state index < -0.39 is 0 Å². The number of nitrogens with zero attached hydrogens (tertiary/aromatic N) is 1. The molecule has 1 fully saturated rings. The predicted molar refractivity (Wildman–Crippen MR) is 88.5 cm³/mol. The molecule has 0 saturated carbocycles. The summed E-state index contributed by atoms with van der Waals surface area (Å²) >= 11 is 0. The number of hydrogen-bond acceptors (Lipinski definition) is 3. The molecular weight excluding hydrogens is 260 g/mol. The van der Waals surface area contributed by atoms with Crippen molar-refractivity contribution in [3.8, 4) is 5.75 Å². The Bertz CT molecular complexity index is 408. The van der Waals surface area contributed by atoms with Crippen molar-refractivity contribution in [3.05, 3.63) is 29.8 Å². The van der Waals surface area contributed by atoms with Gasteiger partial charge in [0.05, 0.1) is 0 Å². The molecule has 2 N–H and O–H groups in total. The highest BCUT2D eigenvalue weighted by molar-refractivity contribution is 5.28. The van der Waals surface area contributed by atoms with Crippen molar-refractivity contribution < 1.29 is 4.74 Å². The van der Waals surface area contributed by atoms with Crippen LogP contribution < -0.4 is 10.5 Å². The van der Waals surface area contributed by atoms with Crippen LogP contribution in [0.3, 0.4) is 0 Å². The highest BCUT2D eigenvalue weighted by Gasteiger charge is 2.16. The number of ether oxygens (including phenoxy) is 1. The van der Waals surface area contributed by atoms with Crippen molar-refractivity contribution in [1.29, 1.82) is 0 Å². The van der Waals surface area contributed by atoms with Gasteiger partial charge in [-0.1, -0.05) is 31.9 Å². The summed E-state index contributed by atoms with van der Waals surface area (Å²) in [5.74, 6) is 1.89. The lowest BCUT2D eigenvalue weighted by Gasteiger charge is -2.20. The second-order valence-corrected chi connectivity index (χ2v) is 6.13. The van der Waals surface area contributed by atoms with E-state index in [0.29, 0.717) is 6.54 Å². The number of benzene rings is 1. The highest BCUT2D eigenvalue weighted by Crippen LogP contribution is 2.21. The number of hydrogen-bond donors (Lipinski definition) is 1. The maximum Gasteiger partial charge on any atom is 0.119 e. The monoisotopic (exact) mass is 290 g/mol. The number of rotatable bonds is 7. The molecule has 1 aliphatic rings. The minimum Gasteiger partial charge on any atom is -0.492 e. The zero-order chi connectivity index (χ0) is 14.9. The Morgan fingerprint density at radius 1 is 1.29 bits per heavy atom. The van der Waals surface area contributed by atoms with Gasteiger partial charge in [-0.3, -0.25) is 4.90 Å². The molecule has 0 spiro atoms. The minimum absolute atomic E-state index is 0.572. The van der Waals surface area contributed by atoms with Gasteiger partial charge in [-0.15, -0.1) is 0 Å². The lowest BCUT2D eigenvalue weighted by molar-refractivity contribution is 0.211. The second-order valence-electron chi connectivity index (χ2n) is 6.13. The van der Waals surface area contributed by atoms with Crippen LogP contribution in [0.2, 0.25) is 0 Å². The van der Waals surface area contributed by atoms with Gasteiger partial charge in [0.25, 0.3) is 0 Å². The Morgan fingerprint density at radius 3 is 3.00 bits per heavy atom. The molecule has 1 unspecified atom stereocenters. The van der Waals surface area contributed by atoms with Gasteiger partial charge in [0.1, 0.15) is 12.4 Å². The van der Waals surface area contributed by atoms with Crippen molar-refractivity contribution in [1.82, 2.24) is 4.90 Å². The van der Waals surface area contributed by atoms with Gasteiger partial charge in [0.2, 0.25) is 0 Å². The van der Waals surface area contributed by atoms with E-state index in [1.807, 2.05) is 24.3 Å². The molecule has 3 nitrogen and oxygen atoms in total. The van der Waals surface area contributed by atoms with Crippen molar-refractivity contribution >= 4 is 0 Å². The van der Waals surface area contributed by atoms with E-state index in [1.54, 1.807) is 0 Å². The molecule has 21 heavy (non-hydrogen) atoms. The van der Waals surface area contributed by atoms with Crippen molar-refractivity contribution in [3.63, 3.8) is 0 Å². The minimum atomic E-state index is 0.572. The molecule has 1 heterocycles. The summed E-state index contributed by atoms with van der Waals surface area (Å²) < 4.78 is 5.87. The van der Waals surface area contributed by atoms with E-state index in [-0.39, 0.29) is 0 Å². The molecule has 3 heteroatoms. The summed E-state index contributed by atoms with van der Waals surface area (Å²) in [6.45, 7) is 7.13. The molecule has 0 radical (unpaired) electrons. The van der Waals surface area contributed by atoms with Gasteiger partial charge < -0.3 is 10.5 Å². The molecule has 1 aromatic rings. The van der Waals surface area contributed by atoms with Crippen LogP contribution >= 0.6 is 0 Å². The average molecular weight is 290 g/mol. The van der Waals surface area contributed by atoms with Crippen LogP contribution in [0.25, 0.3) is 0 Å². The van der Waals surface area contributed by atoms with Crippen LogP contribution in [0, 0.1) is 5.92 Å². The van der Waals surface area contributed by atoms with Crippen LogP contribution in [0.15, 0.2) is 24.3 Å². The molecule has 0 aromatic heterocycles. The SMILES string of the molecule is CCCC1CCCN(CCOc2cccc(CN)c2)CC1. The van der Waals surface area contributed by atoms with Gasteiger partial charge in [0.15, 0.2) is 0 Å². The highest BCUT2D eigenvalue weighted by atomic mass is 16.5. The first-order valence-corrected chi connectivity index (χ1v) is 8.46. The summed E-state index contributed by atoms with van der Waals surface area (Å²) in [6.07, 6.45) is 6.83.